The van der Waals surface area contributed by atoms with Gasteiger partial charge in [0.25, 0.3) is 0 Å². The lowest BCUT2D eigenvalue weighted by molar-refractivity contribution is -0.119. The molecule has 1 N–H and O–H groups in total. The number of amides is 1. The number of thioether (sulfide) groups is 1. The van der Waals surface area contributed by atoms with Crippen LogP contribution >= 0.6 is 11.8 Å². The molecule has 2 aliphatic heterocycles. The van der Waals surface area contributed by atoms with Crippen molar-refractivity contribution in [3.8, 4) is 0 Å². The molecule has 0 unspecified atom stereocenters. The van der Waals surface area contributed by atoms with Gasteiger partial charge in [-0.15, -0.1) is 0 Å². The van der Waals surface area contributed by atoms with E-state index in [9.17, 15) is 4.79 Å². The van der Waals surface area contributed by atoms with Gasteiger partial charge in [-0.05, 0) is 30.9 Å². The third-order valence-corrected chi connectivity index (χ3v) is 4.84. The number of amidine groups is 1. The molecule has 0 aromatic heterocycles. The van der Waals surface area contributed by atoms with Crippen LogP contribution in [0.1, 0.15) is 31.4 Å². The smallest absolute Gasteiger partial charge is 0.217 e. The van der Waals surface area contributed by atoms with Crippen molar-refractivity contribution in [2.75, 3.05) is 13.1 Å². The maximum absolute atomic E-state index is 11.0. The normalized spacial score (nSPS) is 17.8. The minimum atomic E-state index is 0.0385. The van der Waals surface area contributed by atoms with Gasteiger partial charge in [0, 0.05) is 24.9 Å². The predicted octanol–water partition coefficient (Wildman–Crippen LogP) is 2.86. The fourth-order valence-electron chi connectivity index (χ4n) is 2.79. The van der Waals surface area contributed by atoms with Crippen molar-refractivity contribution in [2.24, 2.45) is 4.99 Å². The van der Waals surface area contributed by atoms with Crippen LogP contribution in [0.5, 0.6) is 0 Å². The number of hydrogen-bond acceptors (Lipinski definition) is 4. The Bertz CT molecular complexity index is 621. The van der Waals surface area contributed by atoms with E-state index in [-0.39, 0.29) is 11.9 Å². The highest BCUT2D eigenvalue weighted by molar-refractivity contribution is 8.16. The number of aryl methyl sites for hydroxylation is 1. The van der Waals surface area contributed by atoms with Crippen molar-refractivity contribution < 1.29 is 4.79 Å². The molecular weight excluding hydrogens is 294 g/mol. The molecule has 4 nitrogen and oxygen atoms in total. The summed E-state index contributed by atoms with van der Waals surface area (Å²) in [6.45, 7) is 5.50. The number of benzene rings is 1. The standard InChI is InChI=1S/C17H21N3OS/c1-12(19-13(2)21)3-4-14-5-7-15(8-6-14)16-11-22-17-18-9-10-20(16)17/h5-8,11-12H,3-4,9-10H2,1-2H3,(H,19,21)/t12-/m1/s1. The summed E-state index contributed by atoms with van der Waals surface area (Å²) in [7, 11) is 0. The van der Waals surface area contributed by atoms with E-state index in [1.165, 1.54) is 16.8 Å². The second-order valence-electron chi connectivity index (χ2n) is 5.77. The quantitative estimate of drug-likeness (QED) is 0.909. The Kier molecular flexibility index (Phi) is 4.52. The third kappa shape index (κ3) is 3.35. The van der Waals surface area contributed by atoms with Gasteiger partial charge in [0.1, 0.15) is 0 Å². The lowest BCUT2D eigenvalue weighted by Crippen LogP contribution is -2.30. The minimum absolute atomic E-state index is 0.0385. The maximum Gasteiger partial charge on any atom is 0.217 e. The first-order chi connectivity index (χ1) is 10.6. The Labute approximate surface area is 135 Å². The fraction of sp³-hybridized carbons (Fsp3) is 0.412. The molecular formula is C17H21N3OS. The zero-order valence-electron chi connectivity index (χ0n) is 13.0. The van der Waals surface area contributed by atoms with E-state index in [0.717, 1.165) is 31.1 Å². The highest BCUT2D eigenvalue weighted by Crippen LogP contribution is 2.35. The van der Waals surface area contributed by atoms with Crippen molar-refractivity contribution in [3.05, 3.63) is 40.8 Å². The van der Waals surface area contributed by atoms with Gasteiger partial charge in [-0.2, -0.15) is 0 Å². The van der Waals surface area contributed by atoms with Gasteiger partial charge in [-0.3, -0.25) is 9.79 Å². The summed E-state index contributed by atoms with van der Waals surface area (Å²) >= 11 is 1.71. The first kappa shape index (κ1) is 15.2. The first-order valence-corrected chi connectivity index (χ1v) is 8.56. The lowest BCUT2D eigenvalue weighted by atomic mass is 10.0. The molecule has 0 bridgehead atoms. The van der Waals surface area contributed by atoms with Crippen molar-refractivity contribution in [1.82, 2.24) is 10.2 Å². The van der Waals surface area contributed by atoms with E-state index in [2.05, 4.69) is 44.9 Å². The Balaban J connectivity index is 1.59. The summed E-state index contributed by atoms with van der Waals surface area (Å²) in [5.74, 6) is 0.0385. The number of rotatable bonds is 5. The van der Waals surface area contributed by atoms with Crippen LogP contribution in [0.15, 0.2) is 34.7 Å². The van der Waals surface area contributed by atoms with Gasteiger partial charge in [0.2, 0.25) is 5.91 Å². The molecule has 2 aliphatic rings. The van der Waals surface area contributed by atoms with Crippen molar-refractivity contribution in [1.29, 1.82) is 0 Å². The third-order valence-electron chi connectivity index (χ3n) is 3.93. The molecule has 3 rings (SSSR count). The topological polar surface area (TPSA) is 44.7 Å². The molecule has 0 aliphatic carbocycles. The largest absolute Gasteiger partial charge is 0.354 e. The molecule has 1 amide bonds. The van der Waals surface area contributed by atoms with Gasteiger partial charge in [0.15, 0.2) is 5.17 Å². The van der Waals surface area contributed by atoms with Crippen LogP contribution in [0.4, 0.5) is 0 Å². The summed E-state index contributed by atoms with van der Waals surface area (Å²) in [5.41, 5.74) is 3.82. The molecule has 1 aromatic rings. The van der Waals surface area contributed by atoms with Gasteiger partial charge in [-0.25, -0.2) is 0 Å². The Hall–Kier alpha value is -1.75. The van der Waals surface area contributed by atoms with Crippen molar-refractivity contribution in [3.63, 3.8) is 0 Å². The highest BCUT2D eigenvalue weighted by Gasteiger charge is 2.26. The number of aliphatic imine (C=N–C) groups is 1. The zero-order chi connectivity index (χ0) is 15.5. The molecule has 5 heteroatoms. The van der Waals surface area contributed by atoms with E-state index >= 15 is 0 Å². The number of nitrogens with one attached hydrogen (secondary N) is 1. The van der Waals surface area contributed by atoms with Crippen LogP contribution in [-0.4, -0.2) is 35.1 Å². The number of hydrogen-bond donors (Lipinski definition) is 1. The number of nitrogens with zero attached hydrogens (tertiary/aromatic N) is 2. The molecule has 116 valence electrons. The van der Waals surface area contributed by atoms with Crippen LogP contribution < -0.4 is 5.32 Å². The van der Waals surface area contributed by atoms with E-state index in [4.69, 9.17) is 0 Å². The SMILES string of the molecule is CC(=O)N[C@H](C)CCc1ccc(C2=CSC3=NCCN23)cc1. The summed E-state index contributed by atoms with van der Waals surface area (Å²) in [4.78, 5) is 17.8. The summed E-state index contributed by atoms with van der Waals surface area (Å²) < 4.78 is 0. The van der Waals surface area contributed by atoms with Crippen LogP contribution in [0.25, 0.3) is 5.70 Å². The van der Waals surface area contributed by atoms with Crippen LogP contribution in [-0.2, 0) is 11.2 Å². The Morgan fingerprint density at radius 2 is 2.18 bits per heavy atom. The summed E-state index contributed by atoms with van der Waals surface area (Å²) in [5, 5.41) is 6.24. The lowest BCUT2D eigenvalue weighted by Gasteiger charge is -2.17. The van der Waals surface area contributed by atoms with Crippen LogP contribution in [0, 0.1) is 0 Å². The molecule has 2 heterocycles. The van der Waals surface area contributed by atoms with E-state index in [1.54, 1.807) is 18.7 Å². The average molecular weight is 315 g/mol. The van der Waals surface area contributed by atoms with E-state index in [0.29, 0.717) is 0 Å². The molecule has 0 fully saturated rings. The second-order valence-corrected chi connectivity index (χ2v) is 6.61. The first-order valence-electron chi connectivity index (χ1n) is 7.69. The molecule has 0 radical (unpaired) electrons. The fourth-order valence-corrected chi connectivity index (χ4v) is 3.75. The summed E-state index contributed by atoms with van der Waals surface area (Å²) in [6.07, 6.45) is 1.94. The molecule has 0 spiro atoms. The average Bonchev–Trinajstić information content (AvgIpc) is 3.08. The highest BCUT2D eigenvalue weighted by atomic mass is 32.2. The molecule has 22 heavy (non-hydrogen) atoms. The predicted molar refractivity (Wildman–Crippen MR) is 92.6 cm³/mol. The van der Waals surface area contributed by atoms with Crippen molar-refractivity contribution >= 4 is 28.5 Å². The van der Waals surface area contributed by atoms with Crippen LogP contribution in [0.2, 0.25) is 0 Å². The molecule has 1 aromatic carbocycles. The summed E-state index contributed by atoms with van der Waals surface area (Å²) in [6, 6.07) is 8.96. The van der Waals surface area contributed by atoms with Gasteiger partial charge < -0.3 is 10.2 Å². The zero-order valence-corrected chi connectivity index (χ0v) is 13.8. The minimum Gasteiger partial charge on any atom is -0.354 e. The van der Waals surface area contributed by atoms with E-state index in [1.807, 2.05) is 6.92 Å². The second kappa shape index (κ2) is 6.57. The van der Waals surface area contributed by atoms with E-state index < -0.39 is 0 Å². The van der Waals surface area contributed by atoms with Gasteiger partial charge in [-0.1, -0.05) is 36.0 Å². The van der Waals surface area contributed by atoms with Gasteiger partial charge in [0.05, 0.1) is 12.2 Å². The maximum atomic E-state index is 11.0. The number of carbonyl (C=O) groups is 1. The number of carbonyl (C=O) groups excluding carboxylic acids is 1. The molecule has 1 atom stereocenters. The monoisotopic (exact) mass is 315 g/mol. The van der Waals surface area contributed by atoms with Crippen LogP contribution in [0.3, 0.4) is 0 Å². The number of fused-ring (bicyclic) bond motifs is 1. The van der Waals surface area contributed by atoms with Gasteiger partial charge >= 0.3 is 0 Å². The Morgan fingerprint density at radius 1 is 1.41 bits per heavy atom. The molecule has 0 saturated carbocycles. The molecule has 0 saturated heterocycles. The Morgan fingerprint density at radius 3 is 2.91 bits per heavy atom. The van der Waals surface area contributed by atoms with Crippen molar-refractivity contribution in [2.45, 2.75) is 32.7 Å².